The molecule has 0 radical (unpaired) electrons. The predicted molar refractivity (Wildman–Crippen MR) is 138 cm³/mol. The fraction of sp³-hybridized carbons (Fsp3) is 0.143. The van der Waals surface area contributed by atoms with Crippen LogP contribution in [-0.2, 0) is 16.1 Å². The molecule has 0 unspecified atom stereocenters. The highest BCUT2D eigenvalue weighted by Gasteiger charge is 2.43. The summed E-state index contributed by atoms with van der Waals surface area (Å²) in [5.74, 6) is -0.722. The quantitative estimate of drug-likeness (QED) is 0.371. The molecule has 1 heterocycles. The van der Waals surface area contributed by atoms with E-state index in [0.29, 0.717) is 51.0 Å². The summed E-state index contributed by atoms with van der Waals surface area (Å²) in [5.41, 5.74) is 5.29. The highest BCUT2D eigenvalue weighted by molar-refractivity contribution is 9.10. The van der Waals surface area contributed by atoms with Crippen LogP contribution in [0.5, 0.6) is 5.75 Å². The minimum atomic E-state index is -0.670. The number of fused-ring (bicyclic) bond motifs is 2. The third-order valence-electron chi connectivity index (χ3n) is 6.24. The van der Waals surface area contributed by atoms with Crippen LogP contribution in [0.15, 0.2) is 88.0 Å². The van der Waals surface area contributed by atoms with Crippen molar-refractivity contribution in [3.05, 3.63) is 115 Å². The van der Waals surface area contributed by atoms with Gasteiger partial charge in [0.2, 0.25) is 0 Å². The van der Waals surface area contributed by atoms with Crippen molar-refractivity contribution in [2.45, 2.75) is 19.4 Å². The Morgan fingerprint density at radius 1 is 1.06 bits per heavy atom. The number of rotatable bonds is 5. The Bertz CT molecular complexity index is 1430. The second-order valence-electron chi connectivity index (χ2n) is 8.35. The number of dihydropyridines is 1. The Morgan fingerprint density at radius 3 is 2.49 bits per heavy atom. The van der Waals surface area contributed by atoms with Gasteiger partial charge in [-0.1, -0.05) is 63.9 Å². The van der Waals surface area contributed by atoms with Crippen LogP contribution in [0.2, 0.25) is 5.02 Å². The van der Waals surface area contributed by atoms with E-state index in [4.69, 9.17) is 21.1 Å². The summed E-state index contributed by atoms with van der Waals surface area (Å²) in [6.45, 7) is 2.12. The maximum atomic E-state index is 13.6. The Labute approximate surface area is 216 Å². The molecule has 0 amide bonds. The van der Waals surface area contributed by atoms with Crippen molar-refractivity contribution in [2.75, 3.05) is 7.11 Å². The molecule has 0 bridgehead atoms. The number of carbonyl (C=O) groups excluding carboxylic acids is 2. The van der Waals surface area contributed by atoms with Crippen LogP contribution < -0.4 is 10.1 Å². The molecule has 7 heteroatoms. The molecular formula is C28H21BrClNO4. The maximum absolute atomic E-state index is 13.6. The van der Waals surface area contributed by atoms with Gasteiger partial charge in [0, 0.05) is 37.5 Å². The fourth-order valence-electron chi connectivity index (χ4n) is 4.64. The number of nitrogens with one attached hydrogen (secondary N) is 1. The molecule has 0 saturated carbocycles. The maximum Gasteiger partial charge on any atom is 0.336 e. The van der Waals surface area contributed by atoms with E-state index in [1.54, 1.807) is 6.07 Å². The van der Waals surface area contributed by atoms with Gasteiger partial charge in [0.1, 0.15) is 12.4 Å². The first kappa shape index (κ1) is 23.4. The summed E-state index contributed by atoms with van der Waals surface area (Å²) >= 11 is 9.56. The van der Waals surface area contributed by atoms with Gasteiger partial charge in [0.25, 0.3) is 0 Å². The molecule has 0 fully saturated rings. The fourth-order valence-corrected chi connectivity index (χ4v) is 5.14. The monoisotopic (exact) mass is 549 g/mol. The van der Waals surface area contributed by atoms with Crippen LogP contribution >= 0.6 is 27.5 Å². The standard InChI is InChI=1S/C28H21BrClNO4/c1-15-23(28(33)34-2)24(25-26(31-15)19-5-3-4-6-20(19)27(25)32)21-13-17(29)9-12-22(21)35-14-16-7-10-18(30)11-8-16/h3-13,24,31H,14H2,1-2H3/t24-/m0/s1. The summed E-state index contributed by atoms with van der Waals surface area (Å²) in [6, 6.07) is 20.5. The van der Waals surface area contributed by atoms with Gasteiger partial charge in [-0.2, -0.15) is 0 Å². The van der Waals surface area contributed by atoms with Gasteiger partial charge in [0.05, 0.1) is 24.3 Å². The Kier molecular flexibility index (Phi) is 6.26. The molecule has 0 spiro atoms. The molecule has 5 nitrogen and oxygen atoms in total. The van der Waals surface area contributed by atoms with E-state index >= 15 is 0 Å². The van der Waals surface area contributed by atoms with E-state index in [0.717, 1.165) is 15.6 Å². The molecule has 0 saturated heterocycles. The van der Waals surface area contributed by atoms with Crippen molar-refractivity contribution in [1.29, 1.82) is 0 Å². The van der Waals surface area contributed by atoms with Crippen molar-refractivity contribution in [3.8, 4) is 5.75 Å². The first-order chi connectivity index (χ1) is 16.9. The predicted octanol–water partition coefficient (Wildman–Crippen LogP) is 6.42. The number of Topliss-reactive ketones (excluding diaryl/α,β-unsaturated/α-hetero) is 1. The normalized spacial score (nSPS) is 16.6. The number of ether oxygens (including phenoxy) is 2. The van der Waals surface area contributed by atoms with Gasteiger partial charge in [-0.05, 0) is 42.8 Å². The number of hydrogen-bond donors (Lipinski definition) is 1. The third kappa shape index (κ3) is 4.17. The highest BCUT2D eigenvalue weighted by Crippen LogP contribution is 2.49. The minimum absolute atomic E-state index is 0.120. The van der Waals surface area contributed by atoms with E-state index < -0.39 is 11.9 Å². The number of allylic oxidation sites excluding steroid dienone is 2. The average molecular weight is 551 g/mol. The zero-order valence-corrected chi connectivity index (χ0v) is 21.4. The van der Waals surface area contributed by atoms with Crippen LogP contribution in [0.25, 0.3) is 5.70 Å². The smallest absolute Gasteiger partial charge is 0.336 e. The second kappa shape index (κ2) is 9.36. The molecule has 35 heavy (non-hydrogen) atoms. The van der Waals surface area contributed by atoms with Crippen molar-refractivity contribution < 1.29 is 19.1 Å². The van der Waals surface area contributed by atoms with Crippen molar-refractivity contribution >= 4 is 45.0 Å². The molecule has 3 aromatic rings. The lowest BCUT2D eigenvalue weighted by Crippen LogP contribution is -2.29. The first-order valence-electron chi connectivity index (χ1n) is 11.0. The van der Waals surface area contributed by atoms with Gasteiger partial charge in [0.15, 0.2) is 5.78 Å². The summed E-state index contributed by atoms with van der Waals surface area (Å²) in [4.78, 5) is 26.7. The molecule has 176 valence electrons. The van der Waals surface area contributed by atoms with Crippen molar-refractivity contribution in [3.63, 3.8) is 0 Å². The van der Waals surface area contributed by atoms with Crippen LogP contribution in [0.1, 0.15) is 39.9 Å². The summed E-state index contributed by atoms with van der Waals surface area (Å²) in [6.07, 6.45) is 0. The molecule has 5 rings (SSSR count). The number of esters is 1. The van der Waals surface area contributed by atoms with E-state index in [1.807, 2.05) is 67.6 Å². The topological polar surface area (TPSA) is 64.6 Å². The number of ketones is 1. The van der Waals surface area contributed by atoms with Gasteiger partial charge >= 0.3 is 5.97 Å². The van der Waals surface area contributed by atoms with Crippen LogP contribution in [0.3, 0.4) is 0 Å². The zero-order chi connectivity index (χ0) is 24.7. The molecule has 1 atom stereocenters. The molecule has 0 aromatic heterocycles. The largest absolute Gasteiger partial charge is 0.489 e. The van der Waals surface area contributed by atoms with Gasteiger partial charge < -0.3 is 14.8 Å². The first-order valence-corrected chi connectivity index (χ1v) is 12.2. The molecule has 1 N–H and O–H groups in total. The number of hydrogen-bond acceptors (Lipinski definition) is 5. The van der Waals surface area contributed by atoms with Crippen molar-refractivity contribution in [2.24, 2.45) is 0 Å². The average Bonchev–Trinajstić information content (AvgIpc) is 3.14. The lowest BCUT2D eigenvalue weighted by molar-refractivity contribution is -0.136. The third-order valence-corrected chi connectivity index (χ3v) is 6.99. The summed E-state index contributed by atoms with van der Waals surface area (Å²) < 4.78 is 12.2. The van der Waals surface area contributed by atoms with E-state index in [2.05, 4.69) is 21.2 Å². The Balaban J connectivity index is 1.64. The minimum Gasteiger partial charge on any atom is -0.489 e. The number of methoxy groups -OCH3 is 1. The van der Waals surface area contributed by atoms with Gasteiger partial charge in [-0.15, -0.1) is 0 Å². The zero-order valence-electron chi connectivity index (χ0n) is 19.0. The highest BCUT2D eigenvalue weighted by atomic mass is 79.9. The SMILES string of the molecule is COC(=O)C1=C(C)NC2=C(C(=O)c3ccccc32)[C@H]1c1cc(Br)ccc1OCc1ccc(Cl)cc1. The van der Waals surface area contributed by atoms with E-state index in [-0.39, 0.29) is 5.78 Å². The lowest BCUT2D eigenvalue weighted by Gasteiger charge is -2.30. The van der Waals surface area contributed by atoms with Crippen molar-refractivity contribution in [1.82, 2.24) is 5.32 Å². The summed E-state index contributed by atoms with van der Waals surface area (Å²) in [7, 11) is 1.34. The number of benzene rings is 3. The lowest BCUT2D eigenvalue weighted by atomic mass is 9.79. The Hall–Kier alpha value is -3.35. The molecular weight excluding hydrogens is 530 g/mol. The number of carbonyl (C=O) groups is 2. The molecule has 1 aliphatic heterocycles. The van der Waals surface area contributed by atoms with E-state index in [1.165, 1.54) is 7.11 Å². The molecule has 2 aliphatic rings. The van der Waals surface area contributed by atoms with Crippen LogP contribution in [0.4, 0.5) is 0 Å². The van der Waals surface area contributed by atoms with Crippen LogP contribution in [0, 0.1) is 0 Å². The van der Waals surface area contributed by atoms with Gasteiger partial charge in [-0.25, -0.2) is 4.79 Å². The Morgan fingerprint density at radius 2 is 1.77 bits per heavy atom. The second-order valence-corrected chi connectivity index (χ2v) is 9.70. The van der Waals surface area contributed by atoms with Gasteiger partial charge in [-0.3, -0.25) is 4.79 Å². The van der Waals surface area contributed by atoms with Crippen LogP contribution in [-0.4, -0.2) is 18.9 Å². The number of halogens is 2. The van der Waals surface area contributed by atoms with E-state index in [9.17, 15) is 9.59 Å². The molecule has 1 aliphatic carbocycles. The molecule has 3 aromatic carbocycles. The summed E-state index contributed by atoms with van der Waals surface area (Å²) in [5, 5.41) is 3.95.